The van der Waals surface area contributed by atoms with E-state index in [2.05, 4.69) is 24.9 Å². The summed E-state index contributed by atoms with van der Waals surface area (Å²) in [5.41, 5.74) is 2.40. The van der Waals surface area contributed by atoms with Gasteiger partial charge in [-0.2, -0.15) is 0 Å². The molecule has 1 aromatic heterocycles. The molecule has 0 spiro atoms. The molecule has 0 fully saturated rings. The Morgan fingerprint density at radius 3 is 2.69 bits per heavy atom. The zero-order chi connectivity index (χ0) is 11.5. The summed E-state index contributed by atoms with van der Waals surface area (Å²) < 4.78 is 6.93. The van der Waals surface area contributed by atoms with Crippen molar-refractivity contribution in [3.63, 3.8) is 0 Å². The van der Waals surface area contributed by atoms with E-state index in [1.54, 1.807) is 6.20 Å². The maximum atomic E-state index is 5.83. The third-order valence-electron chi connectivity index (χ3n) is 2.56. The van der Waals surface area contributed by atoms with Gasteiger partial charge in [0, 0.05) is 0 Å². The van der Waals surface area contributed by atoms with Crippen LogP contribution >= 0.6 is 0 Å². The van der Waals surface area contributed by atoms with Crippen LogP contribution in [0.3, 0.4) is 0 Å². The van der Waals surface area contributed by atoms with Crippen LogP contribution in [0.1, 0.15) is 11.1 Å². The van der Waals surface area contributed by atoms with E-state index in [-0.39, 0.29) is 0 Å². The molecule has 1 unspecified atom stereocenters. The summed E-state index contributed by atoms with van der Waals surface area (Å²) in [4.78, 5) is 4.24. The van der Waals surface area contributed by atoms with Gasteiger partial charge in [-0.05, 0) is 0 Å². The SMILES string of the molecule is Cc1cccc(Oc2ncccc2[AsH2])c1C. The summed E-state index contributed by atoms with van der Waals surface area (Å²) in [6, 6.07) is 10.0. The van der Waals surface area contributed by atoms with Gasteiger partial charge in [-0.1, -0.05) is 0 Å². The number of pyridine rings is 1. The third-order valence-corrected chi connectivity index (χ3v) is 3.48. The van der Waals surface area contributed by atoms with Gasteiger partial charge in [-0.3, -0.25) is 0 Å². The molecule has 0 saturated heterocycles. The number of benzene rings is 1. The second-order valence-corrected chi connectivity index (χ2v) is 5.00. The number of aryl methyl sites for hydroxylation is 1. The molecular formula is C13H14AsNO. The maximum absolute atomic E-state index is 5.83. The van der Waals surface area contributed by atoms with Crippen molar-refractivity contribution in [2.45, 2.75) is 13.8 Å². The van der Waals surface area contributed by atoms with E-state index in [4.69, 9.17) is 4.74 Å². The zero-order valence-electron chi connectivity index (χ0n) is 9.40. The molecule has 2 nitrogen and oxygen atoms in total. The molecule has 0 aliphatic heterocycles. The van der Waals surface area contributed by atoms with Gasteiger partial charge < -0.3 is 0 Å². The Labute approximate surface area is 104 Å². The van der Waals surface area contributed by atoms with Crippen LogP contribution in [0, 0.1) is 13.8 Å². The Morgan fingerprint density at radius 1 is 1.12 bits per heavy atom. The van der Waals surface area contributed by atoms with Crippen molar-refractivity contribution in [2.75, 3.05) is 0 Å². The second kappa shape index (κ2) is 4.71. The summed E-state index contributed by atoms with van der Waals surface area (Å²) in [5.74, 6) is 1.59. The van der Waals surface area contributed by atoms with Crippen LogP contribution in [0.5, 0.6) is 11.6 Å². The molecule has 1 atom stereocenters. The van der Waals surface area contributed by atoms with Crippen LogP contribution < -0.4 is 9.09 Å². The Kier molecular flexibility index (Phi) is 3.30. The van der Waals surface area contributed by atoms with E-state index in [9.17, 15) is 0 Å². The van der Waals surface area contributed by atoms with Crippen LogP contribution in [-0.4, -0.2) is 21.8 Å². The minimum atomic E-state index is 0.705. The average Bonchev–Trinajstić information content (AvgIpc) is 2.28. The first-order valence-corrected chi connectivity index (χ1v) is 6.34. The molecule has 0 N–H and O–H groups in total. The van der Waals surface area contributed by atoms with Gasteiger partial charge in [0.2, 0.25) is 0 Å². The second-order valence-electron chi connectivity index (χ2n) is 3.70. The molecule has 0 saturated carbocycles. The molecule has 16 heavy (non-hydrogen) atoms. The predicted molar refractivity (Wildman–Crippen MR) is 68.4 cm³/mol. The molecule has 0 aliphatic rings. The molecule has 0 radical (unpaired) electrons. The minimum absolute atomic E-state index is 0.705. The summed E-state index contributed by atoms with van der Waals surface area (Å²) in [6.07, 6.45) is 1.75. The molecule has 3 heteroatoms. The Hall–Kier alpha value is -1.27. The average molecular weight is 275 g/mol. The standard InChI is InChI=1S/C13H14AsNO/c1-9-5-3-7-12(10(9)2)16-13-11(14)6-4-8-15-13/h3-8H,14H2,1-2H3. The van der Waals surface area contributed by atoms with E-state index in [1.807, 2.05) is 24.3 Å². The van der Waals surface area contributed by atoms with Gasteiger partial charge in [0.25, 0.3) is 0 Å². The Balaban J connectivity index is 2.35. The molecule has 1 aromatic carbocycles. The van der Waals surface area contributed by atoms with Gasteiger partial charge in [0.15, 0.2) is 0 Å². The van der Waals surface area contributed by atoms with Gasteiger partial charge in [-0.25, -0.2) is 0 Å². The van der Waals surface area contributed by atoms with Crippen molar-refractivity contribution in [3.8, 4) is 11.6 Å². The van der Waals surface area contributed by atoms with Gasteiger partial charge in [0.1, 0.15) is 0 Å². The number of rotatable bonds is 2. The van der Waals surface area contributed by atoms with E-state index in [0.717, 1.165) is 10.1 Å². The first kappa shape index (κ1) is 11.2. The van der Waals surface area contributed by atoms with Gasteiger partial charge in [0.05, 0.1) is 0 Å². The van der Waals surface area contributed by atoms with Crippen molar-refractivity contribution >= 4 is 21.2 Å². The van der Waals surface area contributed by atoms with Crippen LogP contribution in [0.25, 0.3) is 0 Å². The first-order valence-electron chi connectivity index (χ1n) is 5.13. The molecule has 82 valence electrons. The zero-order valence-corrected chi connectivity index (χ0v) is 11.8. The molecular weight excluding hydrogens is 261 g/mol. The van der Waals surface area contributed by atoms with Crippen molar-refractivity contribution in [3.05, 3.63) is 47.7 Å². The summed E-state index contributed by atoms with van der Waals surface area (Å²) >= 11 is 1.52. The fourth-order valence-electron chi connectivity index (χ4n) is 1.43. The number of hydrogen-bond donors (Lipinski definition) is 0. The van der Waals surface area contributed by atoms with E-state index < -0.39 is 0 Å². The molecule has 1 heterocycles. The van der Waals surface area contributed by atoms with Crippen LogP contribution in [0.4, 0.5) is 0 Å². The monoisotopic (exact) mass is 275 g/mol. The molecule has 2 rings (SSSR count). The predicted octanol–water partition coefficient (Wildman–Crippen LogP) is 1.75. The van der Waals surface area contributed by atoms with Crippen molar-refractivity contribution in [2.24, 2.45) is 0 Å². The topological polar surface area (TPSA) is 22.1 Å². The van der Waals surface area contributed by atoms with Gasteiger partial charge >= 0.3 is 104 Å². The molecule has 2 aromatic rings. The van der Waals surface area contributed by atoms with E-state index in [1.165, 1.54) is 28.0 Å². The number of ether oxygens (including phenoxy) is 1. The molecule has 0 aliphatic carbocycles. The summed E-state index contributed by atoms with van der Waals surface area (Å²) in [5, 5.41) is 0. The van der Waals surface area contributed by atoms with Crippen LogP contribution in [0.2, 0.25) is 0 Å². The summed E-state index contributed by atoms with van der Waals surface area (Å²) in [6.45, 7) is 4.14. The Morgan fingerprint density at radius 2 is 1.94 bits per heavy atom. The molecule has 0 amide bonds. The molecule has 0 bridgehead atoms. The van der Waals surface area contributed by atoms with Crippen LogP contribution in [-0.2, 0) is 0 Å². The number of nitrogens with zero attached hydrogens (tertiary/aromatic N) is 1. The number of aromatic nitrogens is 1. The fraction of sp³-hybridized carbons (Fsp3) is 0.154. The van der Waals surface area contributed by atoms with Crippen molar-refractivity contribution in [1.29, 1.82) is 0 Å². The number of hydrogen-bond acceptors (Lipinski definition) is 2. The van der Waals surface area contributed by atoms with Crippen molar-refractivity contribution in [1.82, 2.24) is 4.98 Å². The third kappa shape index (κ3) is 2.28. The quantitative estimate of drug-likeness (QED) is 0.779. The first-order chi connectivity index (χ1) is 7.68. The van der Waals surface area contributed by atoms with E-state index >= 15 is 0 Å². The summed E-state index contributed by atoms with van der Waals surface area (Å²) in [7, 11) is 0. The van der Waals surface area contributed by atoms with Crippen LogP contribution in [0.15, 0.2) is 36.5 Å². The van der Waals surface area contributed by atoms with Crippen molar-refractivity contribution < 1.29 is 4.74 Å². The van der Waals surface area contributed by atoms with Gasteiger partial charge in [-0.15, -0.1) is 0 Å². The fourth-order valence-corrected chi connectivity index (χ4v) is 1.94. The normalized spacial score (nSPS) is 10.2. The van der Waals surface area contributed by atoms with E-state index in [0.29, 0.717) is 5.88 Å². The Bertz CT molecular complexity index is 511.